The molecule has 0 aliphatic heterocycles. The molecule has 0 saturated carbocycles. The molecule has 0 aliphatic carbocycles. The number of ketones is 1. The summed E-state index contributed by atoms with van der Waals surface area (Å²) < 4.78 is 2.21. The molecule has 6 heteroatoms. The zero-order valence-corrected chi connectivity index (χ0v) is 11.6. The minimum absolute atomic E-state index is 0.127. The average molecular weight is 317 g/mol. The number of hydrogen-bond acceptors (Lipinski definition) is 4. The molecule has 19 heavy (non-hydrogen) atoms. The fourth-order valence-corrected chi connectivity index (χ4v) is 2.50. The van der Waals surface area contributed by atoms with E-state index in [9.17, 15) is 4.79 Å². The third-order valence-electron chi connectivity index (χ3n) is 2.85. The summed E-state index contributed by atoms with van der Waals surface area (Å²) in [5.74, 6) is -0.127. The van der Waals surface area contributed by atoms with Gasteiger partial charge in [-0.2, -0.15) is 5.10 Å². The summed E-state index contributed by atoms with van der Waals surface area (Å²) in [4.78, 5) is 21.0. The second-order valence-electron chi connectivity index (χ2n) is 4.02. The summed E-state index contributed by atoms with van der Waals surface area (Å²) >= 11 is 3.34. The lowest BCUT2D eigenvalue weighted by atomic mass is 10.1. The molecule has 0 unspecified atom stereocenters. The van der Waals surface area contributed by atoms with Crippen LogP contribution in [-0.2, 0) is 7.05 Å². The molecule has 0 aliphatic rings. The molecule has 0 amide bonds. The van der Waals surface area contributed by atoms with Crippen LogP contribution in [0.3, 0.4) is 0 Å². The minimum atomic E-state index is -0.127. The molecule has 0 bridgehead atoms. The number of halogens is 1. The first kappa shape index (κ1) is 12.0. The Balaban J connectivity index is 2.23. The van der Waals surface area contributed by atoms with Crippen LogP contribution in [0.2, 0.25) is 0 Å². The first-order valence-electron chi connectivity index (χ1n) is 5.60. The number of aromatic nitrogens is 4. The molecule has 0 atom stereocenters. The van der Waals surface area contributed by atoms with Gasteiger partial charge in [0.25, 0.3) is 0 Å². The highest BCUT2D eigenvalue weighted by atomic mass is 79.9. The van der Waals surface area contributed by atoms with E-state index in [-0.39, 0.29) is 5.78 Å². The number of carbonyl (C=O) groups is 1. The molecule has 0 N–H and O–H groups in total. The second-order valence-corrected chi connectivity index (χ2v) is 4.88. The van der Waals surface area contributed by atoms with Gasteiger partial charge in [-0.15, -0.1) is 0 Å². The maximum Gasteiger partial charge on any atom is 0.214 e. The number of rotatable bonds is 2. The lowest BCUT2D eigenvalue weighted by Gasteiger charge is -2.05. The van der Waals surface area contributed by atoms with Crippen molar-refractivity contribution >= 4 is 32.7 Å². The van der Waals surface area contributed by atoms with E-state index in [1.54, 1.807) is 42.5 Å². The average Bonchev–Trinajstić information content (AvgIpc) is 2.77. The van der Waals surface area contributed by atoms with Crippen LogP contribution in [0.1, 0.15) is 16.1 Å². The molecule has 3 aromatic rings. The number of nitrogens with zero attached hydrogens (tertiary/aromatic N) is 4. The first-order chi connectivity index (χ1) is 9.18. The van der Waals surface area contributed by atoms with Gasteiger partial charge in [-0.1, -0.05) is 6.07 Å². The number of para-hydroxylation sites is 1. The van der Waals surface area contributed by atoms with E-state index in [0.29, 0.717) is 26.8 Å². The molecule has 0 fully saturated rings. The van der Waals surface area contributed by atoms with Crippen LogP contribution in [0.15, 0.2) is 41.3 Å². The molecule has 0 spiro atoms. The number of hydrogen-bond donors (Lipinski definition) is 0. The van der Waals surface area contributed by atoms with Gasteiger partial charge in [0.2, 0.25) is 5.78 Å². The van der Waals surface area contributed by atoms with Gasteiger partial charge in [0.1, 0.15) is 5.69 Å². The number of fused-ring (bicyclic) bond motifs is 1. The van der Waals surface area contributed by atoms with Gasteiger partial charge in [-0.25, -0.2) is 0 Å². The minimum Gasteiger partial charge on any atom is -0.287 e. The van der Waals surface area contributed by atoms with Crippen molar-refractivity contribution in [2.45, 2.75) is 0 Å². The van der Waals surface area contributed by atoms with E-state index >= 15 is 0 Å². The smallest absolute Gasteiger partial charge is 0.214 e. The highest BCUT2D eigenvalue weighted by molar-refractivity contribution is 9.10. The van der Waals surface area contributed by atoms with Gasteiger partial charge in [0.15, 0.2) is 0 Å². The fraction of sp³-hybridized carbons (Fsp3) is 0.0769. The monoisotopic (exact) mass is 316 g/mol. The maximum atomic E-state index is 12.6. The predicted octanol–water partition coefficient (Wildman–Crippen LogP) is 2.36. The van der Waals surface area contributed by atoms with Crippen molar-refractivity contribution in [2.75, 3.05) is 0 Å². The van der Waals surface area contributed by atoms with Gasteiger partial charge < -0.3 is 0 Å². The Hall–Kier alpha value is -2.08. The van der Waals surface area contributed by atoms with Crippen molar-refractivity contribution in [3.05, 3.63) is 52.5 Å². The number of aryl methyl sites for hydroxylation is 1. The van der Waals surface area contributed by atoms with E-state index in [4.69, 9.17) is 0 Å². The Morgan fingerprint density at radius 1 is 1.26 bits per heavy atom. The van der Waals surface area contributed by atoms with Crippen molar-refractivity contribution in [1.82, 2.24) is 19.7 Å². The van der Waals surface area contributed by atoms with E-state index in [2.05, 4.69) is 31.0 Å². The van der Waals surface area contributed by atoms with Crippen LogP contribution in [0.25, 0.3) is 11.0 Å². The second kappa shape index (κ2) is 4.55. The number of benzene rings is 1. The molecule has 1 aromatic carbocycles. The molecular formula is C13H9BrN4O. The molecular weight excluding hydrogens is 308 g/mol. The summed E-state index contributed by atoms with van der Waals surface area (Å²) in [5.41, 5.74) is 2.32. The van der Waals surface area contributed by atoms with Crippen LogP contribution >= 0.6 is 15.9 Å². The lowest BCUT2D eigenvalue weighted by molar-refractivity contribution is 0.103. The SMILES string of the molecule is Cn1ncc(Br)c1C(=O)c1cccc2nccnc12. The molecule has 2 heterocycles. The van der Waals surface area contributed by atoms with Crippen molar-refractivity contribution in [3.8, 4) is 0 Å². The molecule has 0 saturated heterocycles. The maximum absolute atomic E-state index is 12.6. The highest BCUT2D eigenvalue weighted by Crippen LogP contribution is 2.22. The Morgan fingerprint density at radius 3 is 2.79 bits per heavy atom. The molecule has 0 radical (unpaired) electrons. The predicted molar refractivity (Wildman–Crippen MR) is 73.9 cm³/mol. The van der Waals surface area contributed by atoms with Crippen molar-refractivity contribution in [2.24, 2.45) is 7.05 Å². The van der Waals surface area contributed by atoms with Crippen LogP contribution in [0.4, 0.5) is 0 Å². The Bertz CT molecular complexity index is 756. The molecule has 94 valence electrons. The Labute approximate surface area is 117 Å². The quantitative estimate of drug-likeness (QED) is 0.681. The summed E-state index contributed by atoms with van der Waals surface area (Å²) in [7, 11) is 1.73. The van der Waals surface area contributed by atoms with E-state index in [1.807, 2.05) is 6.07 Å². The topological polar surface area (TPSA) is 60.7 Å². The Morgan fingerprint density at radius 2 is 2.05 bits per heavy atom. The molecule has 5 nitrogen and oxygen atoms in total. The summed E-state index contributed by atoms with van der Waals surface area (Å²) in [5, 5.41) is 4.06. The van der Waals surface area contributed by atoms with Gasteiger partial charge in [0.05, 0.1) is 27.3 Å². The van der Waals surface area contributed by atoms with Crippen LogP contribution in [-0.4, -0.2) is 25.5 Å². The van der Waals surface area contributed by atoms with Gasteiger partial charge in [-0.05, 0) is 28.1 Å². The van der Waals surface area contributed by atoms with Crippen molar-refractivity contribution in [3.63, 3.8) is 0 Å². The van der Waals surface area contributed by atoms with Gasteiger partial charge in [-0.3, -0.25) is 19.4 Å². The van der Waals surface area contributed by atoms with Crippen molar-refractivity contribution in [1.29, 1.82) is 0 Å². The summed E-state index contributed by atoms with van der Waals surface area (Å²) in [6, 6.07) is 5.38. The first-order valence-corrected chi connectivity index (χ1v) is 6.39. The molecule has 2 aromatic heterocycles. The Kier molecular flexibility index (Phi) is 2.87. The van der Waals surface area contributed by atoms with Crippen LogP contribution in [0.5, 0.6) is 0 Å². The fourth-order valence-electron chi connectivity index (χ4n) is 1.97. The molecule has 3 rings (SSSR count). The third kappa shape index (κ3) is 1.94. The van der Waals surface area contributed by atoms with Gasteiger partial charge in [0, 0.05) is 19.4 Å². The van der Waals surface area contributed by atoms with Crippen molar-refractivity contribution < 1.29 is 4.79 Å². The van der Waals surface area contributed by atoms with Crippen LogP contribution < -0.4 is 0 Å². The zero-order chi connectivity index (χ0) is 13.4. The largest absolute Gasteiger partial charge is 0.287 e. The van der Waals surface area contributed by atoms with E-state index in [0.717, 1.165) is 0 Å². The summed E-state index contributed by atoms with van der Waals surface area (Å²) in [6.07, 6.45) is 4.79. The normalized spacial score (nSPS) is 10.8. The van der Waals surface area contributed by atoms with Crippen LogP contribution in [0, 0.1) is 0 Å². The lowest BCUT2D eigenvalue weighted by Crippen LogP contribution is -2.10. The highest BCUT2D eigenvalue weighted by Gasteiger charge is 2.19. The third-order valence-corrected chi connectivity index (χ3v) is 3.43. The number of carbonyl (C=O) groups excluding carboxylic acids is 1. The van der Waals surface area contributed by atoms with E-state index in [1.165, 1.54) is 0 Å². The van der Waals surface area contributed by atoms with Gasteiger partial charge >= 0.3 is 0 Å². The zero-order valence-electron chi connectivity index (χ0n) is 10.0. The standard InChI is InChI=1S/C13H9BrN4O/c1-18-12(9(14)7-17-18)13(19)8-3-2-4-10-11(8)16-6-5-15-10/h2-7H,1H3. The summed E-state index contributed by atoms with van der Waals surface area (Å²) in [6.45, 7) is 0. The van der Waals surface area contributed by atoms with E-state index < -0.39 is 0 Å².